The van der Waals surface area contributed by atoms with E-state index in [1.807, 2.05) is 24.3 Å². The molecule has 2 aliphatic rings. The van der Waals surface area contributed by atoms with Gasteiger partial charge in [0.05, 0.1) is 0 Å². The summed E-state index contributed by atoms with van der Waals surface area (Å²) in [5.74, 6) is 1.25. The van der Waals surface area contributed by atoms with Crippen LogP contribution >= 0.6 is 0 Å². The topological polar surface area (TPSA) is 93.4 Å². The van der Waals surface area contributed by atoms with Gasteiger partial charge in [-0.3, -0.25) is 0 Å². The summed E-state index contributed by atoms with van der Waals surface area (Å²) in [5.41, 5.74) is 2.97. The van der Waals surface area contributed by atoms with E-state index in [4.69, 9.17) is 14.4 Å². The number of nitrogens with zero attached hydrogens (tertiary/aromatic N) is 5. The van der Waals surface area contributed by atoms with Crippen molar-refractivity contribution in [2.24, 2.45) is 0 Å². The Bertz CT molecular complexity index is 1290. The van der Waals surface area contributed by atoms with Gasteiger partial charge >= 0.3 is 0 Å². The zero-order chi connectivity index (χ0) is 22.4. The molecule has 4 heterocycles. The van der Waals surface area contributed by atoms with Gasteiger partial charge in [-0.25, -0.2) is 9.37 Å². The lowest BCUT2D eigenvalue weighted by Gasteiger charge is -2.34. The second-order valence-electron chi connectivity index (χ2n) is 8.02. The minimum atomic E-state index is -1.17. The van der Waals surface area contributed by atoms with Crippen molar-refractivity contribution in [1.82, 2.24) is 15.0 Å². The second-order valence-corrected chi connectivity index (χ2v) is 9.53. The van der Waals surface area contributed by atoms with E-state index in [2.05, 4.69) is 20.1 Å². The lowest BCUT2D eigenvalue weighted by atomic mass is 10.3. The Hall–Kier alpha value is -3.37. The average Bonchev–Trinajstić information content (AvgIpc) is 3.43. The van der Waals surface area contributed by atoms with Gasteiger partial charge in [-0.1, -0.05) is 18.2 Å². The minimum Gasteiger partial charge on any atom is -0.611 e. The summed E-state index contributed by atoms with van der Waals surface area (Å²) in [7, 11) is 0. The fourth-order valence-corrected chi connectivity index (χ4v) is 5.51. The molecule has 0 radical (unpaired) electrons. The van der Waals surface area contributed by atoms with Crippen molar-refractivity contribution in [3.05, 3.63) is 60.0 Å². The molecule has 0 amide bonds. The molecule has 1 fully saturated rings. The van der Waals surface area contributed by atoms with Crippen LogP contribution in [0.4, 0.5) is 27.9 Å². The largest absolute Gasteiger partial charge is 0.611 e. The molecule has 2 aromatic carbocycles. The third kappa shape index (κ3) is 3.85. The summed E-state index contributed by atoms with van der Waals surface area (Å²) in [6.07, 6.45) is 0.637. The average molecular weight is 465 g/mol. The Labute approximate surface area is 192 Å². The first-order valence-corrected chi connectivity index (χ1v) is 12.1. The minimum absolute atomic E-state index is 0.345. The van der Waals surface area contributed by atoms with Gasteiger partial charge in [-0.05, 0) is 41.5 Å². The molecule has 33 heavy (non-hydrogen) atoms. The summed E-state index contributed by atoms with van der Waals surface area (Å²) in [6, 6.07) is 14.5. The summed E-state index contributed by atoms with van der Waals surface area (Å²) in [5, 5.41) is 3.16. The van der Waals surface area contributed by atoms with Gasteiger partial charge < -0.3 is 24.1 Å². The van der Waals surface area contributed by atoms with E-state index >= 15 is 0 Å². The van der Waals surface area contributed by atoms with Crippen LogP contribution in [0.3, 0.4) is 0 Å². The molecule has 168 valence electrons. The molecule has 1 N–H and O–H groups in total. The third-order valence-electron chi connectivity index (χ3n) is 5.88. The van der Waals surface area contributed by atoms with E-state index in [1.54, 1.807) is 12.1 Å². The van der Waals surface area contributed by atoms with Crippen molar-refractivity contribution in [3.63, 3.8) is 0 Å². The number of benzene rings is 2. The van der Waals surface area contributed by atoms with Crippen molar-refractivity contribution < 1.29 is 13.4 Å². The lowest BCUT2D eigenvalue weighted by molar-refractivity contribution is 0.538. The number of aryl methyl sites for hydroxylation is 1. The molecule has 0 aliphatic carbocycles. The number of rotatable bonds is 4. The van der Waals surface area contributed by atoms with Crippen LogP contribution in [-0.4, -0.2) is 51.4 Å². The van der Waals surface area contributed by atoms with Gasteiger partial charge in [0.25, 0.3) is 6.01 Å². The summed E-state index contributed by atoms with van der Waals surface area (Å²) >= 11 is -1.17. The Morgan fingerprint density at radius 3 is 2.61 bits per heavy atom. The number of aromatic nitrogens is 3. The van der Waals surface area contributed by atoms with E-state index in [1.165, 1.54) is 12.1 Å². The molecule has 1 saturated heterocycles. The van der Waals surface area contributed by atoms with E-state index in [9.17, 15) is 8.94 Å². The summed E-state index contributed by atoms with van der Waals surface area (Å²) in [4.78, 5) is 18.9. The fourth-order valence-electron chi connectivity index (χ4n) is 4.21. The molecule has 0 saturated carbocycles. The highest BCUT2D eigenvalue weighted by atomic mass is 32.2. The van der Waals surface area contributed by atoms with Gasteiger partial charge in [-0.2, -0.15) is 9.97 Å². The zero-order valence-corrected chi connectivity index (χ0v) is 18.5. The van der Waals surface area contributed by atoms with Crippen molar-refractivity contribution in [2.45, 2.75) is 11.3 Å². The molecule has 8 nitrogen and oxygen atoms in total. The maximum atomic E-state index is 13.7. The lowest BCUT2D eigenvalue weighted by Crippen LogP contribution is -2.47. The maximum absolute atomic E-state index is 13.7. The van der Waals surface area contributed by atoms with Crippen molar-refractivity contribution in [1.29, 1.82) is 0 Å². The Morgan fingerprint density at radius 1 is 0.970 bits per heavy atom. The van der Waals surface area contributed by atoms with Crippen molar-refractivity contribution in [2.75, 3.05) is 47.0 Å². The van der Waals surface area contributed by atoms with E-state index in [0.717, 1.165) is 16.8 Å². The molecule has 6 rings (SSSR count). The normalized spacial score (nSPS) is 18.1. The SMILES string of the molecule is [O-][S+]1CCc2nc(N3CCN(c4nc5ccccc5o4)CC3)nc(Nc3cccc(F)c3)c21. The Morgan fingerprint density at radius 2 is 1.79 bits per heavy atom. The van der Waals surface area contributed by atoms with Crippen LogP contribution in [-0.2, 0) is 17.6 Å². The van der Waals surface area contributed by atoms with Gasteiger partial charge in [0, 0.05) is 38.3 Å². The number of hydrogen-bond donors (Lipinski definition) is 1. The molecule has 0 spiro atoms. The first-order valence-electron chi connectivity index (χ1n) is 10.8. The number of oxazole rings is 1. The van der Waals surface area contributed by atoms with Crippen molar-refractivity contribution in [3.8, 4) is 0 Å². The fraction of sp³-hybridized carbons (Fsp3) is 0.261. The van der Waals surface area contributed by atoms with Gasteiger partial charge in [0.2, 0.25) is 10.8 Å². The zero-order valence-electron chi connectivity index (χ0n) is 17.7. The van der Waals surface area contributed by atoms with E-state index < -0.39 is 11.2 Å². The van der Waals surface area contributed by atoms with Crippen LogP contribution in [0.2, 0.25) is 0 Å². The van der Waals surface area contributed by atoms with Crippen LogP contribution < -0.4 is 15.1 Å². The van der Waals surface area contributed by atoms with E-state index in [-0.39, 0.29) is 5.82 Å². The highest BCUT2D eigenvalue weighted by Gasteiger charge is 2.33. The highest BCUT2D eigenvalue weighted by Crippen LogP contribution is 2.34. The number of hydrogen-bond acceptors (Lipinski definition) is 8. The molecule has 2 aromatic heterocycles. The van der Waals surface area contributed by atoms with Crippen LogP contribution in [0.5, 0.6) is 0 Å². The molecular formula is C23H21FN6O2S. The third-order valence-corrected chi connectivity index (χ3v) is 7.34. The number of para-hydroxylation sites is 2. The molecule has 2 aliphatic heterocycles. The first-order chi connectivity index (χ1) is 16.1. The molecule has 1 atom stereocenters. The highest BCUT2D eigenvalue weighted by molar-refractivity contribution is 7.91. The van der Waals surface area contributed by atoms with Crippen LogP contribution in [0, 0.1) is 5.82 Å². The van der Waals surface area contributed by atoms with Crippen LogP contribution in [0.1, 0.15) is 5.69 Å². The van der Waals surface area contributed by atoms with E-state index in [0.29, 0.717) is 66.7 Å². The quantitative estimate of drug-likeness (QED) is 0.459. The summed E-state index contributed by atoms with van der Waals surface area (Å²) in [6.45, 7) is 2.82. The Balaban J connectivity index is 1.24. The second kappa shape index (κ2) is 8.20. The molecule has 4 aromatic rings. The number of anilines is 4. The standard InChI is InChI=1S/C23H21FN6O2S/c24-15-4-3-5-16(14-15)25-21-20-18(8-13-33(20)31)26-22(28-21)29-9-11-30(12-10-29)23-27-17-6-1-2-7-19(17)32-23/h1-7,14H,8-13H2,(H,25,26,28). The molecule has 0 bridgehead atoms. The summed E-state index contributed by atoms with van der Waals surface area (Å²) < 4.78 is 32.2. The maximum Gasteiger partial charge on any atom is 0.298 e. The first kappa shape index (κ1) is 20.3. The number of fused-ring (bicyclic) bond motifs is 2. The predicted octanol–water partition coefficient (Wildman–Crippen LogP) is 3.49. The van der Waals surface area contributed by atoms with Gasteiger partial charge in [-0.15, -0.1) is 0 Å². The molecular weight excluding hydrogens is 443 g/mol. The van der Waals surface area contributed by atoms with Gasteiger partial charge in [0.1, 0.15) is 22.8 Å². The monoisotopic (exact) mass is 464 g/mol. The molecule has 10 heteroatoms. The van der Waals surface area contributed by atoms with Crippen molar-refractivity contribution >= 4 is 45.7 Å². The van der Waals surface area contributed by atoms with Crippen LogP contribution in [0.25, 0.3) is 11.1 Å². The molecule has 1 unspecified atom stereocenters. The smallest absolute Gasteiger partial charge is 0.298 e. The number of piperazine rings is 1. The van der Waals surface area contributed by atoms with Gasteiger partial charge in [0.15, 0.2) is 11.4 Å². The Kier molecular flexibility index (Phi) is 5.03. The predicted molar refractivity (Wildman–Crippen MR) is 125 cm³/mol. The number of nitrogens with one attached hydrogen (secondary N) is 1. The van der Waals surface area contributed by atoms with Crippen LogP contribution in [0.15, 0.2) is 57.8 Å². The number of halogens is 1.